The number of hydrogen-bond acceptors (Lipinski definition) is 6. The van der Waals surface area contributed by atoms with Crippen LogP contribution in [0.5, 0.6) is 11.5 Å². The molecule has 0 atom stereocenters. The fourth-order valence-electron chi connectivity index (χ4n) is 2.95. The summed E-state index contributed by atoms with van der Waals surface area (Å²) in [6.45, 7) is 0.0307. The van der Waals surface area contributed by atoms with Gasteiger partial charge in [-0.3, -0.25) is 4.79 Å². The van der Waals surface area contributed by atoms with Gasteiger partial charge in [0, 0.05) is 11.1 Å². The number of nitrogens with two attached hydrogens (primary N) is 1. The van der Waals surface area contributed by atoms with Crippen LogP contribution < -0.4 is 20.8 Å². The lowest BCUT2D eigenvalue weighted by molar-refractivity contribution is 0.297. The van der Waals surface area contributed by atoms with Crippen LogP contribution in [0.15, 0.2) is 41.2 Å². The van der Waals surface area contributed by atoms with E-state index in [9.17, 15) is 15.3 Å². The second-order valence-corrected chi connectivity index (χ2v) is 6.90. The molecule has 2 aromatic carbocycles. The van der Waals surface area contributed by atoms with Crippen molar-refractivity contribution in [1.29, 1.82) is 10.5 Å². The molecule has 1 aromatic heterocycles. The van der Waals surface area contributed by atoms with Crippen molar-refractivity contribution in [3.8, 4) is 34.8 Å². The molecule has 3 aromatic rings. The molecule has 0 aliphatic heterocycles. The summed E-state index contributed by atoms with van der Waals surface area (Å²) < 4.78 is 11.2. The highest BCUT2D eigenvalue weighted by molar-refractivity contribution is 6.37. The van der Waals surface area contributed by atoms with Gasteiger partial charge in [-0.1, -0.05) is 35.3 Å². The third-order valence-electron chi connectivity index (χ3n) is 4.33. The number of aromatic amines is 1. The highest BCUT2D eigenvalue weighted by Crippen LogP contribution is 2.35. The summed E-state index contributed by atoms with van der Waals surface area (Å²) in [4.78, 5) is 14.5. The van der Waals surface area contributed by atoms with Gasteiger partial charge < -0.3 is 20.2 Å². The van der Waals surface area contributed by atoms with E-state index in [1.807, 2.05) is 12.1 Å². The number of aromatic nitrogens is 1. The fourth-order valence-corrected chi connectivity index (χ4v) is 3.46. The summed E-state index contributed by atoms with van der Waals surface area (Å²) >= 11 is 12.3. The third-order valence-corrected chi connectivity index (χ3v) is 4.92. The minimum Gasteiger partial charge on any atom is -0.496 e. The fraction of sp³-hybridized carbons (Fsp3) is 0.0952. The summed E-state index contributed by atoms with van der Waals surface area (Å²) in [6.07, 6.45) is 0. The first-order valence-electron chi connectivity index (χ1n) is 8.51. The number of nitrogens with zero attached hydrogens (tertiary/aromatic N) is 2. The number of methoxy groups -OCH3 is 1. The smallest absolute Gasteiger partial charge is 0.268 e. The molecule has 0 fully saturated rings. The number of nitriles is 2. The first kappa shape index (κ1) is 21.1. The molecule has 30 heavy (non-hydrogen) atoms. The summed E-state index contributed by atoms with van der Waals surface area (Å²) in [5, 5.41) is 19.7. The average molecular weight is 441 g/mol. The largest absolute Gasteiger partial charge is 0.496 e. The standard InChI is InChI=1S/C21H14Cl2N4O3/c1-29-17-6-5-11(18-13(8-24)20(26)27-21(28)14(18)9-25)7-12(17)10-30-19-15(22)3-2-4-16(19)23/h2-7H,10H2,1H3,(H3,26,27,28). The number of nitrogens with one attached hydrogen (secondary N) is 1. The van der Waals surface area contributed by atoms with E-state index in [1.165, 1.54) is 7.11 Å². The van der Waals surface area contributed by atoms with E-state index >= 15 is 0 Å². The number of pyridine rings is 1. The van der Waals surface area contributed by atoms with Gasteiger partial charge in [-0.25, -0.2) is 0 Å². The Morgan fingerprint density at radius 1 is 1.10 bits per heavy atom. The molecule has 1 heterocycles. The molecule has 7 nitrogen and oxygen atoms in total. The zero-order valence-corrected chi connectivity index (χ0v) is 17.1. The predicted molar refractivity (Wildman–Crippen MR) is 114 cm³/mol. The maximum Gasteiger partial charge on any atom is 0.268 e. The second kappa shape index (κ2) is 8.79. The number of hydrogen-bond donors (Lipinski definition) is 2. The number of halogens is 2. The number of para-hydroxylation sites is 1. The van der Waals surface area contributed by atoms with Crippen molar-refractivity contribution in [1.82, 2.24) is 4.98 Å². The molecule has 0 radical (unpaired) electrons. The Morgan fingerprint density at radius 3 is 2.37 bits per heavy atom. The van der Waals surface area contributed by atoms with E-state index in [0.29, 0.717) is 32.7 Å². The quantitative estimate of drug-likeness (QED) is 0.610. The molecule has 0 aliphatic carbocycles. The predicted octanol–water partition coefficient (Wildman–Crippen LogP) is 4.26. The number of nitrogen functional groups attached to an aromatic ring is 1. The van der Waals surface area contributed by atoms with E-state index in [0.717, 1.165) is 0 Å². The molecular weight excluding hydrogens is 427 g/mol. The molecular formula is C21H14Cl2N4O3. The Bertz CT molecular complexity index is 1250. The van der Waals surface area contributed by atoms with Crippen molar-refractivity contribution in [2.45, 2.75) is 6.61 Å². The van der Waals surface area contributed by atoms with E-state index in [-0.39, 0.29) is 29.1 Å². The summed E-state index contributed by atoms with van der Waals surface area (Å²) in [5.41, 5.74) is 6.05. The first-order chi connectivity index (χ1) is 14.4. The molecule has 0 saturated heterocycles. The lowest BCUT2D eigenvalue weighted by atomic mass is 9.95. The maximum atomic E-state index is 12.2. The van der Waals surface area contributed by atoms with Crippen LogP contribution in [-0.2, 0) is 6.61 Å². The van der Waals surface area contributed by atoms with Crippen LogP contribution >= 0.6 is 23.2 Å². The highest BCUT2D eigenvalue weighted by atomic mass is 35.5. The van der Waals surface area contributed by atoms with Crippen LogP contribution in [0.2, 0.25) is 10.0 Å². The van der Waals surface area contributed by atoms with Gasteiger partial charge in [0.2, 0.25) is 0 Å². The van der Waals surface area contributed by atoms with Gasteiger partial charge >= 0.3 is 0 Å². The first-order valence-corrected chi connectivity index (χ1v) is 9.26. The minimum atomic E-state index is -0.680. The Hall–Kier alpha value is -3.65. The minimum absolute atomic E-state index is 0.00247. The Balaban J connectivity index is 2.12. The van der Waals surface area contributed by atoms with Gasteiger partial charge in [-0.05, 0) is 29.8 Å². The van der Waals surface area contributed by atoms with Crippen molar-refractivity contribution in [2.24, 2.45) is 0 Å². The second-order valence-electron chi connectivity index (χ2n) is 6.08. The van der Waals surface area contributed by atoms with Gasteiger partial charge in [-0.2, -0.15) is 10.5 Å². The van der Waals surface area contributed by atoms with Crippen molar-refractivity contribution in [2.75, 3.05) is 12.8 Å². The monoisotopic (exact) mass is 440 g/mol. The SMILES string of the molecule is COc1ccc(-c2c(C#N)c(N)[nH]c(=O)c2C#N)cc1COc1c(Cl)cccc1Cl. The lowest BCUT2D eigenvalue weighted by Gasteiger charge is -2.15. The van der Waals surface area contributed by atoms with Crippen molar-refractivity contribution < 1.29 is 9.47 Å². The topological polar surface area (TPSA) is 125 Å². The number of H-pyrrole nitrogens is 1. The lowest BCUT2D eigenvalue weighted by Crippen LogP contribution is -2.16. The molecule has 0 spiro atoms. The van der Waals surface area contributed by atoms with Gasteiger partial charge in [0.1, 0.15) is 41.4 Å². The van der Waals surface area contributed by atoms with Crippen LogP contribution in [0.25, 0.3) is 11.1 Å². The van der Waals surface area contributed by atoms with Crippen LogP contribution in [-0.4, -0.2) is 12.1 Å². The number of rotatable bonds is 5. The number of anilines is 1. The molecule has 0 unspecified atom stereocenters. The van der Waals surface area contributed by atoms with E-state index < -0.39 is 5.56 Å². The zero-order valence-electron chi connectivity index (χ0n) is 15.6. The Kier molecular flexibility index (Phi) is 6.17. The van der Waals surface area contributed by atoms with Crippen molar-refractivity contribution in [3.05, 3.63) is 73.5 Å². The van der Waals surface area contributed by atoms with E-state index in [1.54, 1.807) is 36.4 Å². The van der Waals surface area contributed by atoms with Crippen LogP contribution in [0, 0.1) is 22.7 Å². The maximum absolute atomic E-state index is 12.2. The summed E-state index contributed by atoms with van der Waals surface area (Å²) in [6, 6.07) is 13.7. The van der Waals surface area contributed by atoms with Crippen LogP contribution in [0.4, 0.5) is 5.82 Å². The zero-order chi connectivity index (χ0) is 21.8. The number of benzene rings is 2. The van der Waals surface area contributed by atoms with Gasteiger partial charge in [0.15, 0.2) is 5.75 Å². The summed E-state index contributed by atoms with van der Waals surface area (Å²) in [5.74, 6) is 0.689. The van der Waals surface area contributed by atoms with Crippen LogP contribution in [0.1, 0.15) is 16.7 Å². The number of ether oxygens (including phenoxy) is 2. The molecule has 0 saturated carbocycles. The molecule has 150 valence electrons. The highest BCUT2D eigenvalue weighted by Gasteiger charge is 2.19. The Labute approximate surface area is 181 Å². The third kappa shape index (κ3) is 3.90. The molecule has 0 bridgehead atoms. The Morgan fingerprint density at radius 2 is 1.77 bits per heavy atom. The summed E-state index contributed by atoms with van der Waals surface area (Å²) in [7, 11) is 1.49. The molecule has 0 aliphatic rings. The van der Waals surface area contributed by atoms with Crippen molar-refractivity contribution in [3.63, 3.8) is 0 Å². The molecule has 9 heteroatoms. The van der Waals surface area contributed by atoms with E-state index in [4.69, 9.17) is 38.4 Å². The van der Waals surface area contributed by atoms with Gasteiger partial charge in [0.05, 0.1) is 17.2 Å². The van der Waals surface area contributed by atoms with E-state index in [2.05, 4.69) is 4.98 Å². The van der Waals surface area contributed by atoms with Gasteiger partial charge in [0.25, 0.3) is 5.56 Å². The average Bonchev–Trinajstić information content (AvgIpc) is 2.72. The molecule has 3 rings (SSSR count). The van der Waals surface area contributed by atoms with Crippen LogP contribution in [0.3, 0.4) is 0 Å². The van der Waals surface area contributed by atoms with Gasteiger partial charge in [-0.15, -0.1) is 0 Å². The molecule has 0 amide bonds. The normalized spacial score (nSPS) is 10.2. The molecule has 3 N–H and O–H groups in total. The van der Waals surface area contributed by atoms with Crippen molar-refractivity contribution >= 4 is 29.0 Å².